The van der Waals surface area contributed by atoms with Gasteiger partial charge in [-0.1, -0.05) is 29.8 Å². The summed E-state index contributed by atoms with van der Waals surface area (Å²) in [5.74, 6) is 0.511. The summed E-state index contributed by atoms with van der Waals surface area (Å²) in [7, 11) is -3.59. The van der Waals surface area contributed by atoms with E-state index in [0.717, 1.165) is 11.1 Å². The fraction of sp³-hybridized carbons (Fsp3) is 0.188. The number of hydrogen-bond donors (Lipinski definition) is 1. The second kappa shape index (κ2) is 5.55. The molecule has 0 aliphatic rings. The van der Waals surface area contributed by atoms with Gasteiger partial charge in [-0.3, -0.25) is 0 Å². The molecule has 0 atom stereocenters. The molecule has 0 aliphatic heterocycles. The van der Waals surface area contributed by atoms with Crippen molar-refractivity contribution in [2.45, 2.75) is 25.3 Å². The van der Waals surface area contributed by atoms with Gasteiger partial charge >= 0.3 is 0 Å². The minimum atomic E-state index is -3.59. The zero-order valence-corrected chi connectivity index (χ0v) is 13.1. The number of fused-ring (bicyclic) bond motifs is 1. The Balaban J connectivity index is 1.84. The van der Waals surface area contributed by atoms with Gasteiger partial charge in [0.05, 0.1) is 4.90 Å². The molecule has 22 heavy (non-hydrogen) atoms. The van der Waals surface area contributed by atoms with E-state index in [-0.39, 0.29) is 11.4 Å². The molecule has 0 spiro atoms. The van der Waals surface area contributed by atoms with Gasteiger partial charge in [-0.15, -0.1) is 0 Å². The highest BCUT2D eigenvalue weighted by molar-refractivity contribution is 7.89. The van der Waals surface area contributed by atoms with Crippen molar-refractivity contribution in [3.63, 3.8) is 0 Å². The zero-order chi connectivity index (χ0) is 15.7. The van der Waals surface area contributed by atoms with E-state index in [4.69, 9.17) is 4.42 Å². The van der Waals surface area contributed by atoms with E-state index in [1.165, 1.54) is 12.1 Å². The second-order valence-corrected chi connectivity index (χ2v) is 6.94. The molecule has 5 nitrogen and oxygen atoms in total. The lowest BCUT2D eigenvalue weighted by molar-refractivity contribution is 0.558. The third kappa shape index (κ3) is 3.03. The molecule has 3 rings (SSSR count). The highest BCUT2D eigenvalue weighted by Crippen LogP contribution is 2.20. The molecule has 0 saturated carbocycles. The Hall–Kier alpha value is -2.18. The molecule has 0 fully saturated rings. The standard InChI is InChI=1S/C16H16N2O3S/c1-11-4-3-5-13(8-11)10-17-22(19,20)14-6-7-15-16(9-14)21-12(2)18-15/h3-9,17H,10H2,1-2H3. The molecule has 6 heteroatoms. The van der Waals surface area contributed by atoms with E-state index < -0.39 is 10.0 Å². The fourth-order valence-corrected chi connectivity index (χ4v) is 3.30. The van der Waals surface area contributed by atoms with Gasteiger partial charge in [-0.2, -0.15) is 0 Å². The lowest BCUT2D eigenvalue weighted by Crippen LogP contribution is -2.23. The largest absolute Gasteiger partial charge is 0.441 e. The van der Waals surface area contributed by atoms with Crippen molar-refractivity contribution >= 4 is 21.1 Å². The van der Waals surface area contributed by atoms with E-state index in [2.05, 4.69) is 9.71 Å². The van der Waals surface area contributed by atoms with Gasteiger partial charge < -0.3 is 4.42 Å². The Kier molecular flexibility index (Phi) is 3.72. The third-order valence-corrected chi connectivity index (χ3v) is 4.72. The molecule has 114 valence electrons. The smallest absolute Gasteiger partial charge is 0.241 e. The van der Waals surface area contributed by atoms with Crippen LogP contribution in [0.5, 0.6) is 0 Å². The lowest BCUT2D eigenvalue weighted by Gasteiger charge is -2.07. The summed E-state index contributed by atoms with van der Waals surface area (Å²) in [5.41, 5.74) is 3.13. The minimum absolute atomic E-state index is 0.170. The third-order valence-electron chi connectivity index (χ3n) is 3.33. The van der Waals surface area contributed by atoms with Crippen LogP contribution in [-0.2, 0) is 16.6 Å². The number of oxazole rings is 1. The van der Waals surface area contributed by atoms with Crippen molar-refractivity contribution in [1.29, 1.82) is 0 Å². The predicted molar refractivity (Wildman–Crippen MR) is 84.0 cm³/mol. The van der Waals surface area contributed by atoms with Crippen LogP contribution < -0.4 is 4.72 Å². The molecule has 1 N–H and O–H groups in total. The van der Waals surface area contributed by atoms with E-state index in [0.29, 0.717) is 17.0 Å². The van der Waals surface area contributed by atoms with E-state index in [1.54, 1.807) is 13.0 Å². The summed E-state index contributed by atoms with van der Waals surface area (Å²) >= 11 is 0. The lowest BCUT2D eigenvalue weighted by atomic mass is 10.1. The van der Waals surface area contributed by atoms with Crippen LogP contribution in [0.4, 0.5) is 0 Å². The minimum Gasteiger partial charge on any atom is -0.441 e. The van der Waals surface area contributed by atoms with Crippen LogP contribution in [0, 0.1) is 13.8 Å². The summed E-state index contributed by atoms with van der Waals surface area (Å²) in [6, 6.07) is 12.4. The Morgan fingerprint density at radius 3 is 2.73 bits per heavy atom. The Bertz CT molecular complexity index is 929. The van der Waals surface area contributed by atoms with Crippen LogP contribution in [-0.4, -0.2) is 13.4 Å². The molecule has 0 saturated heterocycles. The van der Waals surface area contributed by atoms with Crippen molar-refractivity contribution < 1.29 is 12.8 Å². The maximum atomic E-state index is 12.4. The van der Waals surface area contributed by atoms with Crippen LogP contribution in [0.3, 0.4) is 0 Å². The molecule has 2 aromatic carbocycles. The number of aryl methyl sites for hydroxylation is 2. The molecule has 1 heterocycles. The Morgan fingerprint density at radius 1 is 1.14 bits per heavy atom. The van der Waals surface area contributed by atoms with Crippen LogP contribution in [0.25, 0.3) is 11.1 Å². The molecule has 0 aliphatic carbocycles. The average molecular weight is 316 g/mol. The van der Waals surface area contributed by atoms with E-state index in [1.807, 2.05) is 31.2 Å². The first-order valence-corrected chi connectivity index (χ1v) is 8.35. The molecular weight excluding hydrogens is 300 g/mol. The number of hydrogen-bond acceptors (Lipinski definition) is 4. The summed E-state index contributed by atoms with van der Waals surface area (Å²) in [6.07, 6.45) is 0. The van der Waals surface area contributed by atoms with Crippen LogP contribution in [0.15, 0.2) is 51.8 Å². The van der Waals surface area contributed by atoms with Gasteiger partial charge in [-0.25, -0.2) is 18.1 Å². The molecule has 0 unspecified atom stereocenters. The van der Waals surface area contributed by atoms with Crippen LogP contribution >= 0.6 is 0 Å². The van der Waals surface area contributed by atoms with Crippen LogP contribution in [0.1, 0.15) is 17.0 Å². The summed E-state index contributed by atoms with van der Waals surface area (Å²) in [6.45, 7) is 3.94. The first-order chi connectivity index (χ1) is 10.4. The SMILES string of the molecule is Cc1cccc(CNS(=O)(=O)c2ccc3nc(C)oc3c2)c1. The number of nitrogens with zero attached hydrogens (tertiary/aromatic N) is 1. The van der Waals surface area contributed by atoms with Crippen molar-refractivity contribution in [3.8, 4) is 0 Å². The predicted octanol–water partition coefficient (Wildman–Crippen LogP) is 2.92. The number of rotatable bonds is 4. The first-order valence-electron chi connectivity index (χ1n) is 6.86. The van der Waals surface area contributed by atoms with Gasteiger partial charge in [0, 0.05) is 19.5 Å². The number of sulfonamides is 1. The molecule has 0 bridgehead atoms. The number of nitrogens with one attached hydrogen (secondary N) is 1. The van der Waals surface area contributed by atoms with Gasteiger partial charge in [0.1, 0.15) is 5.52 Å². The summed E-state index contributed by atoms with van der Waals surface area (Å²) in [5, 5.41) is 0. The fourth-order valence-electron chi connectivity index (χ4n) is 2.27. The average Bonchev–Trinajstić information content (AvgIpc) is 2.84. The quantitative estimate of drug-likeness (QED) is 0.803. The van der Waals surface area contributed by atoms with Crippen LogP contribution in [0.2, 0.25) is 0 Å². The number of benzene rings is 2. The maximum Gasteiger partial charge on any atom is 0.241 e. The molecular formula is C16H16N2O3S. The van der Waals surface area contributed by atoms with Gasteiger partial charge in [0.15, 0.2) is 11.5 Å². The van der Waals surface area contributed by atoms with Gasteiger partial charge in [-0.05, 0) is 24.6 Å². The zero-order valence-electron chi connectivity index (χ0n) is 12.3. The van der Waals surface area contributed by atoms with Crippen molar-refractivity contribution in [1.82, 2.24) is 9.71 Å². The van der Waals surface area contributed by atoms with Crippen molar-refractivity contribution in [2.75, 3.05) is 0 Å². The summed E-state index contributed by atoms with van der Waals surface area (Å²) < 4.78 is 32.7. The Labute approximate surface area is 129 Å². The second-order valence-electron chi connectivity index (χ2n) is 5.18. The van der Waals surface area contributed by atoms with Crippen molar-refractivity contribution in [2.24, 2.45) is 0 Å². The van der Waals surface area contributed by atoms with Crippen molar-refractivity contribution in [3.05, 3.63) is 59.5 Å². The van der Waals surface area contributed by atoms with E-state index in [9.17, 15) is 8.42 Å². The van der Waals surface area contributed by atoms with Gasteiger partial charge in [0.25, 0.3) is 0 Å². The summed E-state index contributed by atoms with van der Waals surface area (Å²) in [4.78, 5) is 4.33. The number of aromatic nitrogens is 1. The maximum absolute atomic E-state index is 12.4. The van der Waals surface area contributed by atoms with E-state index >= 15 is 0 Å². The molecule has 0 amide bonds. The Morgan fingerprint density at radius 2 is 1.95 bits per heavy atom. The molecule has 3 aromatic rings. The normalized spacial score (nSPS) is 11.9. The highest BCUT2D eigenvalue weighted by Gasteiger charge is 2.15. The monoisotopic (exact) mass is 316 g/mol. The first kappa shape index (κ1) is 14.7. The molecule has 1 aromatic heterocycles. The molecule has 0 radical (unpaired) electrons. The highest BCUT2D eigenvalue weighted by atomic mass is 32.2. The topological polar surface area (TPSA) is 72.2 Å². The van der Waals surface area contributed by atoms with Gasteiger partial charge in [0.2, 0.25) is 10.0 Å².